The van der Waals surface area contributed by atoms with Crippen molar-refractivity contribution in [2.75, 3.05) is 5.73 Å². The Morgan fingerprint density at radius 3 is 2.40 bits per heavy atom. The number of halogens is 2. The molecule has 2 saturated heterocycles. The molecule has 0 spiro atoms. The summed E-state index contributed by atoms with van der Waals surface area (Å²) < 4.78 is 59.5. The van der Waals surface area contributed by atoms with Gasteiger partial charge in [-0.1, -0.05) is 0 Å². The molecule has 1 aromatic rings. The smallest absolute Gasteiger partial charge is 0.246 e. The average Bonchev–Trinajstić information content (AvgIpc) is 2.87. The summed E-state index contributed by atoms with van der Waals surface area (Å²) >= 11 is 0. The van der Waals surface area contributed by atoms with Gasteiger partial charge < -0.3 is 10.5 Å². The van der Waals surface area contributed by atoms with Crippen molar-refractivity contribution >= 4 is 15.7 Å². The Balaban J connectivity index is 1.89. The van der Waals surface area contributed by atoms with Crippen LogP contribution < -0.4 is 10.5 Å². The highest BCUT2D eigenvalue weighted by atomic mass is 32.2. The second kappa shape index (κ2) is 4.64. The fourth-order valence-corrected chi connectivity index (χ4v) is 4.25. The molecule has 2 aliphatic heterocycles. The topological polar surface area (TPSA) is 81.4 Å². The first-order valence-corrected chi connectivity index (χ1v) is 7.77. The molecule has 0 aliphatic carbocycles. The highest BCUT2D eigenvalue weighted by molar-refractivity contribution is 7.89. The third kappa shape index (κ3) is 2.27. The Morgan fingerprint density at radius 2 is 1.90 bits per heavy atom. The number of benzene rings is 1. The van der Waals surface area contributed by atoms with Crippen molar-refractivity contribution in [3.05, 3.63) is 23.8 Å². The van der Waals surface area contributed by atoms with Crippen LogP contribution in [0.25, 0.3) is 0 Å². The second-order valence-electron chi connectivity index (χ2n) is 5.15. The van der Waals surface area contributed by atoms with Crippen LogP contribution in [0.1, 0.15) is 19.3 Å². The van der Waals surface area contributed by atoms with Gasteiger partial charge in [0.1, 0.15) is 11.6 Å². The van der Waals surface area contributed by atoms with Gasteiger partial charge in [0, 0.05) is 5.69 Å². The average molecular weight is 304 g/mol. The predicted molar refractivity (Wildman–Crippen MR) is 67.4 cm³/mol. The monoisotopic (exact) mass is 304 g/mol. The summed E-state index contributed by atoms with van der Waals surface area (Å²) in [5, 5.41) is 0. The van der Waals surface area contributed by atoms with Crippen molar-refractivity contribution < 1.29 is 21.9 Å². The molecule has 2 fully saturated rings. The molecular formula is C12H14F2N2O3S. The lowest BCUT2D eigenvalue weighted by Crippen LogP contribution is -2.41. The van der Waals surface area contributed by atoms with E-state index in [1.165, 1.54) is 0 Å². The van der Waals surface area contributed by atoms with E-state index in [1.54, 1.807) is 0 Å². The van der Waals surface area contributed by atoms with Crippen LogP contribution in [-0.4, -0.2) is 26.7 Å². The first-order valence-electron chi connectivity index (χ1n) is 6.29. The minimum atomic E-state index is -4.28. The van der Waals surface area contributed by atoms with Gasteiger partial charge in [-0.3, -0.25) is 0 Å². The van der Waals surface area contributed by atoms with E-state index in [9.17, 15) is 17.2 Å². The highest BCUT2D eigenvalue weighted by Gasteiger charge is 2.43. The van der Waals surface area contributed by atoms with E-state index < -0.39 is 32.6 Å². The summed E-state index contributed by atoms with van der Waals surface area (Å²) in [6.45, 7) is 0. The van der Waals surface area contributed by atoms with Gasteiger partial charge in [-0.25, -0.2) is 21.9 Å². The number of anilines is 1. The van der Waals surface area contributed by atoms with Crippen LogP contribution in [0, 0.1) is 11.6 Å². The molecular weight excluding hydrogens is 290 g/mol. The van der Waals surface area contributed by atoms with E-state index >= 15 is 0 Å². The maximum absolute atomic E-state index is 13.7. The number of ether oxygens (including phenoxy) is 1. The van der Waals surface area contributed by atoms with Crippen LogP contribution in [0.3, 0.4) is 0 Å². The van der Waals surface area contributed by atoms with Crippen LogP contribution >= 0.6 is 0 Å². The van der Waals surface area contributed by atoms with Gasteiger partial charge in [0.15, 0.2) is 4.90 Å². The van der Waals surface area contributed by atoms with Gasteiger partial charge in [-0.05, 0) is 31.4 Å². The quantitative estimate of drug-likeness (QED) is 0.821. The Bertz CT molecular complexity index is 627. The largest absolute Gasteiger partial charge is 0.399 e. The van der Waals surface area contributed by atoms with Crippen LogP contribution in [0.2, 0.25) is 0 Å². The number of nitrogens with one attached hydrogen (secondary N) is 1. The maximum Gasteiger partial charge on any atom is 0.246 e. The lowest BCUT2D eigenvalue weighted by Gasteiger charge is -2.20. The summed E-state index contributed by atoms with van der Waals surface area (Å²) in [4.78, 5) is -0.991. The molecule has 3 atom stereocenters. The molecule has 2 heterocycles. The van der Waals surface area contributed by atoms with Crippen LogP contribution in [-0.2, 0) is 14.8 Å². The SMILES string of the molecule is Nc1cc(F)c(S(=O)(=O)NC2CC3CCC2O3)c(F)c1. The van der Waals surface area contributed by atoms with Crippen molar-refractivity contribution in [1.29, 1.82) is 0 Å². The summed E-state index contributed by atoms with van der Waals surface area (Å²) in [5.74, 6) is -2.39. The van der Waals surface area contributed by atoms with Gasteiger partial charge in [-0.2, -0.15) is 0 Å². The number of rotatable bonds is 3. The number of hydrogen-bond donors (Lipinski definition) is 2. The zero-order valence-electron chi connectivity index (χ0n) is 10.5. The third-order valence-corrected chi connectivity index (χ3v) is 5.24. The Labute approximate surface area is 115 Å². The third-order valence-electron chi connectivity index (χ3n) is 3.70. The predicted octanol–water partition coefficient (Wildman–Crippen LogP) is 1.15. The molecule has 5 nitrogen and oxygen atoms in total. The Kier molecular flexibility index (Phi) is 3.19. The second-order valence-corrected chi connectivity index (χ2v) is 6.80. The van der Waals surface area contributed by atoms with Gasteiger partial charge >= 0.3 is 0 Å². The van der Waals surface area contributed by atoms with Crippen molar-refractivity contribution in [2.24, 2.45) is 0 Å². The molecule has 0 saturated carbocycles. The minimum absolute atomic E-state index is 0.0359. The molecule has 0 radical (unpaired) electrons. The molecule has 2 bridgehead atoms. The molecule has 20 heavy (non-hydrogen) atoms. The molecule has 8 heteroatoms. The van der Waals surface area contributed by atoms with Gasteiger partial charge in [0.25, 0.3) is 0 Å². The number of sulfonamides is 1. The van der Waals surface area contributed by atoms with E-state index in [0.717, 1.165) is 25.0 Å². The fourth-order valence-electron chi connectivity index (χ4n) is 2.86. The zero-order chi connectivity index (χ0) is 14.5. The van der Waals surface area contributed by atoms with E-state index in [4.69, 9.17) is 10.5 Å². The molecule has 0 aromatic heterocycles. The standard InChI is InChI=1S/C12H14F2N2O3S/c13-8-3-6(15)4-9(14)12(8)20(17,18)16-10-5-7-1-2-11(10)19-7/h3-4,7,10-11,16H,1-2,5,15H2. The van der Waals surface area contributed by atoms with Gasteiger partial charge in [-0.15, -0.1) is 0 Å². The highest BCUT2D eigenvalue weighted by Crippen LogP contribution is 2.35. The van der Waals surface area contributed by atoms with Gasteiger partial charge in [0.05, 0.1) is 18.2 Å². The first-order chi connectivity index (χ1) is 9.37. The Morgan fingerprint density at radius 1 is 1.25 bits per heavy atom. The van der Waals surface area contributed by atoms with Crippen molar-refractivity contribution in [2.45, 2.75) is 42.4 Å². The number of nitrogens with two attached hydrogens (primary N) is 1. The molecule has 3 unspecified atom stereocenters. The summed E-state index contributed by atoms with van der Waals surface area (Å²) in [7, 11) is -4.28. The Hall–Kier alpha value is -1.25. The molecule has 110 valence electrons. The molecule has 0 amide bonds. The van der Waals surface area contributed by atoms with Crippen molar-refractivity contribution in [1.82, 2.24) is 4.72 Å². The summed E-state index contributed by atoms with van der Waals surface area (Å²) in [5.41, 5.74) is 5.10. The molecule has 2 aliphatic rings. The van der Waals surface area contributed by atoms with E-state index in [-0.39, 0.29) is 17.9 Å². The number of fused-ring (bicyclic) bond motifs is 2. The fraction of sp³-hybridized carbons (Fsp3) is 0.500. The molecule has 3 N–H and O–H groups in total. The van der Waals surface area contributed by atoms with Crippen molar-refractivity contribution in [3.8, 4) is 0 Å². The van der Waals surface area contributed by atoms with E-state index in [0.29, 0.717) is 6.42 Å². The van der Waals surface area contributed by atoms with Gasteiger partial charge in [0.2, 0.25) is 10.0 Å². The molecule has 3 rings (SSSR count). The first kappa shape index (κ1) is 13.7. The lowest BCUT2D eigenvalue weighted by molar-refractivity contribution is 0.0995. The zero-order valence-corrected chi connectivity index (χ0v) is 11.3. The van der Waals surface area contributed by atoms with E-state index in [1.807, 2.05) is 0 Å². The number of hydrogen-bond acceptors (Lipinski definition) is 4. The van der Waals surface area contributed by atoms with Crippen LogP contribution in [0.15, 0.2) is 17.0 Å². The lowest BCUT2D eigenvalue weighted by atomic mass is 9.96. The maximum atomic E-state index is 13.7. The van der Waals surface area contributed by atoms with Crippen molar-refractivity contribution in [3.63, 3.8) is 0 Å². The normalized spacial score (nSPS) is 29.0. The minimum Gasteiger partial charge on any atom is -0.399 e. The number of nitrogen functional groups attached to an aromatic ring is 1. The summed E-state index contributed by atoms with van der Waals surface area (Å²) in [6.07, 6.45) is 2.00. The summed E-state index contributed by atoms with van der Waals surface area (Å²) in [6, 6.07) is 1.14. The molecule has 1 aromatic carbocycles. The van der Waals surface area contributed by atoms with Crippen LogP contribution in [0.5, 0.6) is 0 Å². The van der Waals surface area contributed by atoms with Crippen LogP contribution in [0.4, 0.5) is 14.5 Å². The van der Waals surface area contributed by atoms with E-state index in [2.05, 4.69) is 4.72 Å².